The van der Waals surface area contributed by atoms with Gasteiger partial charge in [-0.2, -0.15) is 0 Å². The SMILES string of the molecule is C#CCCNC(C)c1ccc(O)c(OC)c1. The van der Waals surface area contributed by atoms with Crippen LogP contribution in [-0.4, -0.2) is 18.8 Å². The van der Waals surface area contributed by atoms with Gasteiger partial charge in [-0.25, -0.2) is 0 Å². The molecular formula is C13H17NO2. The normalized spacial score (nSPS) is 11.8. The van der Waals surface area contributed by atoms with Gasteiger partial charge in [-0.3, -0.25) is 0 Å². The fourth-order valence-electron chi connectivity index (χ4n) is 1.44. The Morgan fingerprint density at radius 1 is 1.56 bits per heavy atom. The van der Waals surface area contributed by atoms with Crippen molar-refractivity contribution >= 4 is 0 Å². The summed E-state index contributed by atoms with van der Waals surface area (Å²) >= 11 is 0. The molecule has 1 aromatic carbocycles. The van der Waals surface area contributed by atoms with Crippen molar-refractivity contribution in [2.24, 2.45) is 0 Å². The van der Waals surface area contributed by atoms with Crippen LogP contribution in [0, 0.1) is 12.3 Å². The van der Waals surface area contributed by atoms with Gasteiger partial charge in [0.1, 0.15) is 0 Å². The molecule has 0 heterocycles. The molecule has 0 aromatic heterocycles. The summed E-state index contributed by atoms with van der Waals surface area (Å²) in [5.74, 6) is 3.22. The summed E-state index contributed by atoms with van der Waals surface area (Å²) in [6.07, 6.45) is 5.88. The largest absolute Gasteiger partial charge is 0.504 e. The maximum Gasteiger partial charge on any atom is 0.160 e. The number of ether oxygens (including phenoxy) is 1. The highest BCUT2D eigenvalue weighted by Crippen LogP contribution is 2.28. The highest BCUT2D eigenvalue weighted by atomic mass is 16.5. The number of phenolic OH excluding ortho intramolecular Hbond substituents is 1. The molecule has 0 radical (unpaired) electrons. The Morgan fingerprint density at radius 3 is 2.94 bits per heavy atom. The summed E-state index contributed by atoms with van der Waals surface area (Å²) in [5, 5.41) is 12.7. The summed E-state index contributed by atoms with van der Waals surface area (Å²) in [4.78, 5) is 0. The van der Waals surface area contributed by atoms with Crippen molar-refractivity contribution in [2.45, 2.75) is 19.4 Å². The summed E-state index contributed by atoms with van der Waals surface area (Å²) in [6, 6.07) is 5.50. The molecule has 2 N–H and O–H groups in total. The van der Waals surface area contributed by atoms with Crippen molar-refractivity contribution in [1.29, 1.82) is 0 Å². The third-order valence-electron chi connectivity index (χ3n) is 2.42. The monoisotopic (exact) mass is 219 g/mol. The first-order valence-corrected chi connectivity index (χ1v) is 5.22. The molecule has 1 rings (SSSR count). The van der Waals surface area contributed by atoms with Crippen molar-refractivity contribution in [1.82, 2.24) is 5.32 Å². The van der Waals surface area contributed by atoms with Gasteiger partial charge < -0.3 is 15.2 Å². The maximum absolute atomic E-state index is 9.46. The number of nitrogens with one attached hydrogen (secondary N) is 1. The third kappa shape index (κ3) is 3.18. The molecule has 0 aliphatic rings. The van der Waals surface area contributed by atoms with Crippen molar-refractivity contribution in [3.05, 3.63) is 23.8 Å². The molecule has 16 heavy (non-hydrogen) atoms. The van der Waals surface area contributed by atoms with E-state index in [4.69, 9.17) is 11.2 Å². The minimum Gasteiger partial charge on any atom is -0.504 e. The fourth-order valence-corrected chi connectivity index (χ4v) is 1.44. The molecule has 0 bridgehead atoms. The molecular weight excluding hydrogens is 202 g/mol. The van der Waals surface area contributed by atoms with Gasteiger partial charge in [0, 0.05) is 19.0 Å². The van der Waals surface area contributed by atoms with Crippen LogP contribution >= 0.6 is 0 Å². The lowest BCUT2D eigenvalue weighted by molar-refractivity contribution is 0.372. The molecule has 1 atom stereocenters. The van der Waals surface area contributed by atoms with Crippen LogP contribution in [0.15, 0.2) is 18.2 Å². The maximum atomic E-state index is 9.46. The molecule has 3 heteroatoms. The molecule has 0 amide bonds. The van der Waals surface area contributed by atoms with Crippen LogP contribution in [0.25, 0.3) is 0 Å². The van der Waals surface area contributed by atoms with Crippen LogP contribution in [-0.2, 0) is 0 Å². The Morgan fingerprint density at radius 2 is 2.31 bits per heavy atom. The minimum atomic E-state index is 0.155. The Hall–Kier alpha value is -1.66. The van der Waals surface area contributed by atoms with Gasteiger partial charge in [-0.1, -0.05) is 6.07 Å². The quantitative estimate of drug-likeness (QED) is 0.588. The van der Waals surface area contributed by atoms with Crippen molar-refractivity contribution < 1.29 is 9.84 Å². The van der Waals surface area contributed by atoms with E-state index in [0.29, 0.717) is 12.2 Å². The second-order valence-corrected chi connectivity index (χ2v) is 3.56. The Balaban J connectivity index is 2.69. The van der Waals surface area contributed by atoms with Crippen LogP contribution in [0.2, 0.25) is 0 Å². The minimum absolute atomic E-state index is 0.155. The Labute approximate surface area is 96.4 Å². The van der Waals surface area contributed by atoms with E-state index in [9.17, 15) is 5.11 Å². The lowest BCUT2D eigenvalue weighted by Gasteiger charge is -2.14. The van der Waals surface area contributed by atoms with Gasteiger partial charge in [0.05, 0.1) is 7.11 Å². The van der Waals surface area contributed by atoms with Crippen LogP contribution in [0.3, 0.4) is 0 Å². The molecule has 0 aliphatic heterocycles. The number of rotatable bonds is 5. The molecule has 0 aliphatic carbocycles. The molecule has 86 valence electrons. The zero-order chi connectivity index (χ0) is 12.0. The summed E-state index contributed by atoms with van der Waals surface area (Å²) in [6.45, 7) is 2.82. The smallest absolute Gasteiger partial charge is 0.160 e. The van der Waals surface area contributed by atoms with Crippen LogP contribution < -0.4 is 10.1 Å². The van der Waals surface area contributed by atoms with Gasteiger partial charge >= 0.3 is 0 Å². The number of methoxy groups -OCH3 is 1. The number of terminal acetylenes is 1. The topological polar surface area (TPSA) is 41.5 Å². The van der Waals surface area contributed by atoms with Crippen LogP contribution in [0.1, 0.15) is 24.9 Å². The Bertz CT molecular complexity index is 382. The fraction of sp³-hybridized carbons (Fsp3) is 0.385. The van der Waals surface area contributed by atoms with Crippen LogP contribution in [0.5, 0.6) is 11.5 Å². The number of benzene rings is 1. The lowest BCUT2D eigenvalue weighted by atomic mass is 10.1. The highest BCUT2D eigenvalue weighted by Gasteiger charge is 2.08. The van der Waals surface area contributed by atoms with Crippen molar-refractivity contribution in [3.8, 4) is 23.8 Å². The highest BCUT2D eigenvalue weighted by molar-refractivity contribution is 5.42. The summed E-state index contributed by atoms with van der Waals surface area (Å²) in [5.41, 5.74) is 1.06. The number of aromatic hydroxyl groups is 1. The van der Waals surface area contributed by atoms with Gasteiger partial charge in [0.15, 0.2) is 11.5 Å². The molecule has 0 saturated carbocycles. The van der Waals surface area contributed by atoms with E-state index in [2.05, 4.69) is 11.2 Å². The predicted octanol–water partition coefficient (Wildman–Crippen LogP) is 2.07. The van der Waals surface area contributed by atoms with E-state index in [1.54, 1.807) is 6.07 Å². The summed E-state index contributed by atoms with van der Waals surface area (Å²) in [7, 11) is 1.54. The molecule has 1 aromatic rings. The van der Waals surface area contributed by atoms with E-state index in [-0.39, 0.29) is 11.8 Å². The first-order chi connectivity index (χ1) is 7.69. The second kappa shape index (κ2) is 6.04. The predicted molar refractivity (Wildman–Crippen MR) is 64.5 cm³/mol. The van der Waals surface area contributed by atoms with E-state index in [1.807, 2.05) is 19.1 Å². The van der Waals surface area contributed by atoms with Gasteiger partial charge in [-0.05, 0) is 24.6 Å². The van der Waals surface area contributed by atoms with E-state index >= 15 is 0 Å². The van der Waals surface area contributed by atoms with E-state index in [1.165, 1.54) is 7.11 Å². The zero-order valence-corrected chi connectivity index (χ0v) is 9.66. The van der Waals surface area contributed by atoms with Gasteiger partial charge in [-0.15, -0.1) is 12.3 Å². The lowest BCUT2D eigenvalue weighted by Crippen LogP contribution is -2.19. The molecule has 0 spiro atoms. The van der Waals surface area contributed by atoms with Gasteiger partial charge in [0.2, 0.25) is 0 Å². The zero-order valence-electron chi connectivity index (χ0n) is 9.66. The van der Waals surface area contributed by atoms with E-state index < -0.39 is 0 Å². The van der Waals surface area contributed by atoms with Crippen LogP contribution in [0.4, 0.5) is 0 Å². The number of phenols is 1. The first kappa shape index (κ1) is 12.4. The van der Waals surface area contributed by atoms with E-state index in [0.717, 1.165) is 12.1 Å². The molecule has 0 saturated heterocycles. The average Bonchev–Trinajstić information content (AvgIpc) is 2.30. The summed E-state index contributed by atoms with van der Waals surface area (Å²) < 4.78 is 5.05. The Kier molecular flexibility index (Phi) is 4.68. The standard InChI is InChI=1S/C13H17NO2/c1-4-5-8-14-10(2)11-6-7-12(15)13(9-11)16-3/h1,6-7,9-10,14-15H,5,8H2,2-3H3. The van der Waals surface area contributed by atoms with Gasteiger partial charge in [0.25, 0.3) is 0 Å². The number of hydrogen-bond donors (Lipinski definition) is 2. The number of hydrogen-bond acceptors (Lipinski definition) is 3. The molecule has 0 fully saturated rings. The first-order valence-electron chi connectivity index (χ1n) is 5.22. The molecule has 1 unspecified atom stereocenters. The van der Waals surface area contributed by atoms with Crippen molar-refractivity contribution in [3.63, 3.8) is 0 Å². The third-order valence-corrected chi connectivity index (χ3v) is 2.42. The molecule has 3 nitrogen and oxygen atoms in total. The average molecular weight is 219 g/mol. The second-order valence-electron chi connectivity index (χ2n) is 3.56. The van der Waals surface area contributed by atoms with Crippen molar-refractivity contribution in [2.75, 3.05) is 13.7 Å².